The molecule has 0 aliphatic heterocycles. The van der Waals surface area contributed by atoms with E-state index in [-0.39, 0.29) is 12.2 Å². The van der Waals surface area contributed by atoms with E-state index in [0.717, 1.165) is 12.1 Å². The molecule has 6 heteroatoms. The second-order valence-electron chi connectivity index (χ2n) is 4.06. The molecule has 0 saturated carbocycles. The van der Waals surface area contributed by atoms with Crippen LogP contribution < -0.4 is 0 Å². The molecule has 0 amide bonds. The van der Waals surface area contributed by atoms with Crippen LogP contribution in [0.15, 0.2) is 29.8 Å². The maximum atomic E-state index is 12.4. The minimum atomic E-state index is -4.35. The van der Waals surface area contributed by atoms with E-state index in [1.807, 2.05) is 0 Å². The Morgan fingerprint density at radius 1 is 1.26 bits per heavy atom. The number of alkyl halides is 3. The topological polar surface area (TPSA) is 30.0 Å². The fourth-order valence-corrected chi connectivity index (χ4v) is 2.39. The summed E-state index contributed by atoms with van der Waals surface area (Å²) in [5, 5.41) is 0. The van der Waals surface area contributed by atoms with Crippen molar-refractivity contribution in [3.05, 3.63) is 51.5 Å². The van der Waals surface area contributed by atoms with Gasteiger partial charge in [0.05, 0.1) is 21.6 Å². The number of thiazole rings is 1. The number of aromatic nitrogens is 1. The average Bonchev–Trinajstić information content (AvgIpc) is 2.75. The maximum absolute atomic E-state index is 12.4. The van der Waals surface area contributed by atoms with Gasteiger partial charge in [-0.15, -0.1) is 11.3 Å². The van der Waals surface area contributed by atoms with Gasteiger partial charge in [-0.2, -0.15) is 13.2 Å². The number of benzene rings is 1. The lowest BCUT2D eigenvalue weighted by Crippen LogP contribution is -2.06. The summed E-state index contributed by atoms with van der Waals surface area (Å²) in [6.07, 6.45) is -4.27. The molecule has 1 heterocycles. The van der Waals surface area contributed by atoms with Crippen molar-refractivity contribution < 1.29 is 18.0 Å². The molecule has 0 radical (unpaired) electrons. The van der Waals surface area contributed by atoms with E-state index < -0.39 is 11.7 Å². The van der Waals surface area contributed by atoms with E-state index in [1.54, 1.807) is 12.4 Å². The Labute approximate surface area is 111 Å². The number of halogens is 3. The molecule has 2 rings (SSSR count). The summed E-state index contributed by atoms with van der Waals surface area (Å²) in [4.78, 5) is 16.5. The van der Waals surface area contributed by atoms with Gasteiger partial charge in [-0.05, 0) is 24.6 Å². The smallest absolute Gasteiger partial charge is 0.293 e. The van der Waals surface area contributed by atoms with Crippen LogP contribution in [0, 0.1) is 6.92 Å². The first-order valence-corrected chi connectivity index (χ1v) is 6.35. The number of nitrogens with zero attached hydrogens (tertiary/aromatic N) is 1. The van der Waals surface area contributed by atoms with Crippen molar-refractivity contribution in [1.29, 1.82) is 0 Å². The van der Waals surface area contributed by atoms with E-state index in [2.05, 4.69) is 4.98 Å². The highest BCUT2D eigenvalue weighted by atomic mass is 32.1. The minimum absolute atomic E-state index is 0.0845. The lowest BCUT2D eigenvalue weighted by Gasteiger charge is -2.07. The summed E-state index contributed by atoms with van der Waals surface area (Å²) in [5.74, 6) is -0.125. The fourth-order valence-electron chi connectivity index (χ4n) is 1.65. The van der Waals surface area contributed by atoms with Gasteiger partial charge in [-0.3, -0.25) is 4.79 Å². The van der Waals surface area contributed by atoms with Gasteiger partial charge >= 0.3 is 6.18 Å². The van der Waals surface area contributed by atoms with Gasteiger partial charge in [-0.25, -0.2) is 4.98 Å². The Bertz CT molecular complexity index is 587. The van der Waals surface area contributed by atoms with Crippen LogP contribution in [0.2, 0.25) is 0 Å². The quantitative estimate of drug-likeness (QED) is 0.801. The summed E-state index contributed by atoms with van der Waals surface area (Å²) in [5.41, 5.74) is 2.08. The Balaban J connectivity index is 2.12. The normalized spacial score (nSPS) is 11.6. The summed E-state index contributed by atoms with van der Waals surface area (Å²) in [6, 6.07) is 4.64. The van der Waals surface area contributed by atoms with Gasteiger partial charge in [0.2, 0.25) is 0 Å². The zero-order valence-corrected chi connectivity index (χ0v) is 10.8. The van der Waals surface area contributed by atoms with Crippen LogP contribution >= 0.6 is 11.3 Å². The second kappa shape index (κ2) is 5.13. The molecule has 2 aromatic rings. The Morgan fingerprint density at radius 2 is 1.89 bits per heavy atom. The van der Waals surface area contributed by atoms with E-state index in [9.17, 15) is 18.0 Å². The summed E-state index contributed by atoms with van der Waals surface area (Å²) in [6.45, 7) is 1.73. The first-order chi connectivity index (χ1) is 8.88. The van der Waals surface area contributed by atoms with E-state index in [0.29, 0.717) is 16.1 Å². The third-order valence-electron chi connectivity index (χ3n) is 2.64. The Kier molecular flexibility index (Phi) is 3.71. The molecule has 2 nitrogen and oxygen atoms in total. The molecule has 0 fully saturated rings. The van der Waals surface area contributed by atoms with Crippen molar-refractivity contribution in [3.8, 4) is 0 Å². The molecule has 0 aliphatic carbocycles. The molecule has 0 unspecified atom stereocenters. The van der Waals surface area contributed by atoms with E-state index >= 15 is 0 Å². The van der Waals surface area contributed by atoms with Crippen LogP contribution in [0.25, 0.3) is 0 Å². The van der Waals surface area contributed by atoms with Crippen molar-refractivity contribution in [2.24, 2.45) is 0 Å². The summed E-state index contributed by atoms with van der Waals surface area (Å²) >= 11 is 1.24. The third-order valence-corrected chi connectivity index (χ3v) is 3.61. The fraction of sp³-hybridized carbons (Fsp3) is 0.231. The molecule has 1 aromatic carbocycles. The Hall–Kier alpha value is -1.69. The first-order valence-electron chi connectivity index (χ1n) is 5.47. The molecule has 19 heavy (non-hydrogen) atoms. The van der Waals surface area contributed by atoms with Gasteiger partial charge < -0.3 is 0 Å². The molecular formula is C13H10F3NOS. The molecule has 0 bridgehead atoms. The molecule has 0 aliphatic rings. The van der Waals surface area contributed by atoms with Gasteiger partial charge in [0.1, 0.15) is 0 Å². The molecule has 0 spiro atoms. The zero-order valence-electron chi connectivity index (χ0n) is 9.99. The van der Waals surface area contributed by atoms with Crippen molar-refractivity contribution >= 4 is 17.1 Å². The lowest BCUT2D eigenvalue weighted by molar-refractivity contribution is -0.137. The number of hydrogen-bond donors (Lipinski definition) is 0. The number of carbonyl (C=O) groups is 1. The standard InChI is InChI=1S/C13H10F3NOS/c1-8-12(19-7-17-8)11(18)6-9-2-4-10(5-3-9)13(14,15)16/h2-5,7H,6H2,1H3. The molecule has 0 saturated heterocycles. The van der Waals surface area contributed by atoms with E-state index in [4.69, 9.17) is 0 Å². The van der Waals surface area contributed by atoms with Crippen molar-refractivity contribution in [2.45, 2.75) is 19.5 Å². The van der Waals surface area contributed by atoms with Crippen LogP contribution in [-0.4, -0.2) is 10.8 Å². The van der Waals surface area contributed by atoms with Crippen LogP contribution in [-0.2, 0) is 12.6 Å². The summed E-state index contributed by atoms with van der Waals surface area (Å²) < 4.78 is 37.2. The minimum Gasteiger partial charge on any atom is -0.293 e. The van der Waals surface area contributed by atoms with E-state index in [1.165, 1.54) is 23.5 Å². The van der Waals surface area contributed by atoms with Crippen LogP contribution in [0.1, 0.15) is 26.5 Å². The average molecular weight is 285 g/mol. The van der Waals surface area contributed by atoms with Gasteiger partial charge in [0.15, 0.2) is 5.78 Å². The molecule has 0 atom stereocenters. The highest BCUT2D eigenvalue weighted by Crippen LogP contribution is 2.29. The van der Waals surface area contributed by atoms with Crippen LogP contribution in [0.3, 0.4) is 0 Å². The first kappa shape index (κ1) is 13.7. The predicted octanol–water partition coefficient (Wildman–Crippen LogP) is 3.90. The van der Waals surface area contributed by atoms with Gasteiger partial charge in [0.25, 0.3) is 0 Å². The highest BCUT2D eigenvalue weighted by Gasteiger charge is 2.30. The SMILES string of the molecule is Cc1ncsc1C(=O)Cc1ccc(C(F)(F)F)cc1. The molecule has 100 valence electrons. The number of ketones is 1. The molecule has 0 N–H and O–H groups in total. The lowest BCUT2D eigenvalue weighted by atomic mass is 10.1. The largest absolute Gasteiger partial charge is 0.416 e. The second-order valence-corrected chi connectivity index (χ2v) is 4.92. The molecule has 1 aromatic heterocycles. The number of hydrogen-bond acceptors (Lipinski definition) is 3. The predicted molar refractivity (Wildman–Crippen MR) is 66.3 cm³/mol. The van der Waals surface area contributed by atoms with Crippen LogP contribution in [0.4, 0.5) is 13.2 Å². The summed E-state index contributed by atoms with van der Waals surface area (Å²) in [7, 11) is 0. The van der Waals surface area contributed by atoms with Gasteiger partial charge in [-0.1, -0.05) is 12.1 Å². The maximum Gasteiger partial charge on any atom is 0.416 e. The van der Waals surface area contributed by atoms with Crippen LogP contribution in [0.5, 0.6) is 0 Å². The zero-order chi connectivity index (χ0) is 14.0. The number of Topliss-reactive ketones (excluding diaryl/α,β-unsaturated/α-hetero) is 1. The van der Waals surface area contributed by atoms with Crippen molar-refractivity contribution in [1.82, 2.24) is 4.98 Å². The number of carbonyl (C=O) groups excluding carboxylic acids is 1. The number of rotatable bonds is 3. The van der Waals surface area contributed by atoms with Gasteiger partial charge in [0, 0.05) is 6.42 Å². The monoisotopic (exact) mass is 285 g/mol. The van der Waals surface area contributed by atoms with Crippen molar-refractivity contribution in [2.75, 3.05) is 0 Å². The molecular weight excluding hydrogens is 275 g/mol. The Morgan fingerprint density at radius 3 is 2.37 bits per heavy atom. The van der Waals surface area contributed by atoms with Crippen molar-refractivity contribution in [3.63, 3.8) is 0 Å². The third kappa shape index (κ3) is 3.20. The highest BCUT2D eigenvalue weighted by molar-refractivity contribution is 7.11. The number of aryl methyl sites for hydroxylation is 1.